The van der Waals surface area contributed by atoms with E-state index in [0.717, 1.165) is 42.4 Å². The summed E-state index contributed by atoms with van der Waals surface area (Å²) >= 11 is 7.51. The summed E-state index contributed by atoms with van der Waals surface area (Å²) in [6.45, 7) is 2.34. The molecule has 3 aromatic rings. The van der Waals surface area contributed by atoms with Crippen molar-refractivity contribution in [1.82, 2.24) is 10.2 Å². The number of benzene rings is 3. The SMILES string of the molecule is Cc1ccc(CN(C(=O)CSCc2c(F)cccc2Cl)C(Cc2ccccc2)C(=O)NC2CCCCC2)cc1. The maximum Gasteiger partial charge on any atom is 0.243 e. The van der Waals surface area contributed by atoms with E-state index in [1.165, 1.54) is 24.2 Å². The van der Waals surface area contributed by atoms with Gasteiger partial charge in [-0.25, -0.2) is 4.39 Å². The molecule has 0 aliphatic heterocycles. The molecule has 0 heterocycles. The molecule has 1 atom stereocenters. The van der Waals surface area contributed by atoms with E-state index in [1.807, 2.05) is 61.5 Å². The number of nitrogens with one attached hydrogen (secondary N) is 1. The lowest BCUT2D eigenvalue weighted by atomic mass is 9.94. The van der Waals surface area contributed by atoms with Crippen LogP contribution in [0.1, 0.15) is 54.4 Å². The normalized spacial score (nSPS) is 14.5. The highest BCUT2D eigenvalue weighted by Crippen LogP contribution is 2.25. The van der Waals surface area contributed by atoms with Crippen LogP contribution in [-0.2, 0) is 28.3 Å². The first-order chi connectivity index (χ1) is 18.9. The van der Waals surface area contributed by atoms with Crippen molar-refractivity contribution < 1.29 is 14.0 Å². The molecule has 39 heavy (non-hydrogen) atoms. The minimum atomic E-state index is -0.666. The summed E-state index contributed by atoms with van der Waals surface area (Å²) in [4.78, 5) is 29.3. The monoisotopic (exact) mass is 566 g/mol. The maximum absolute atomic E-state index is 14.3. The number of carbonyl (C=O) groups is 2. The maximum atomic E-state index is 14.3. The first-order valence-electron chi connectivity index (χ1n) is 13.6. The second-order valence-electron chi connectivity index (χ2n) is 10.2. The van der Waals surface area contributed by atoms with E-state index in [2.05, 4.69) is 5.32 Å². The van der Waals surface area contributed by atoms with Crippen molar-refractivity contribution in [1.29, 1.82) is 0 Å². The molecule has 1 aliphatic rings. The molecule has 2 amide bonds. The molecule has 1 aliphatic carbocycles. The summed E-state index contributed by atoms with van der Waals surface area (Å²) in [7, 11) is 0. The van der Waals surface area contributed by atoms with Crippen molar-refractivity contribution in [3.8, 4) is 0 Å². The third kappa shape index (κ3) is 8.58. The lowest BCUT2D eigenvalue weighted by molar-refractivity contribution is -0.139. The molecule has 206 valence electrons. The molecule has 4 nitrogen and oxygen atoms in total. The largest absolute Gasteiger partial charge is 0.352 e. The molecule has 0 aromatic heterocycles. The molecule has 0 spiro atoms. The van der Waals surface area contributed by atoms with E-state index in [9.17, 15) is 14.0 Å². The first-order valence-corrected chi connectivity index (χ1v) is 15.1. The van der Waals surface area contributed by atoms with E-state index in [0.29, 0.717) is 23.6 Å². The van der Waals surface area contributed by atoms with E-state index in [4.69, 9.17) is 11.6 Å². The fourth-order valence-electron chi connectivity index (χ4n) is 4.98. The van der Waals surface area contributed by atoms with Gasteiger partial charge in [0.2, 0.25) is 11.8 Å². The highest BCUT2D eigenvalue weighted by Gasteiger charge is 2.32. The standard InChI is InChI=1S/C32H36ClFN2O2S/c1-23-15-17-25(18-16-23)20-36(31(37)22-39-21-27-28(33)13-8-14-29(27)34)30(19-24-9-4-2-5-10-24)32(38)35-26-11-6-3-7-12-26/h2,4-5,8-10,13-18,26,30H,3,6-7,11-12,19-22H2,1H3,(H,35,38). The molecule has 7 heteroatoms. The van der Waals surface area contributed by atoms with Crippen molar-refractivity contribution in [2.45, 2.75) is 69.8 Å². The third-order valence-electron chi connectivity index (χ3n) is 7.23. The second kappa shape index (κ2) is 14.5. The van der Waals surface area contributed by atoms with Crippen LogP contribution >= 0.6 is 23.4 Å². The number of amides is 2. The highest BCUT2D eigenvalue weighted by atomic mass is 35.5. The van der Waals surface area contributed by atoms with Crippen LogP contribution < -0.4 is 5.32 Å². The Balaban J connectivity index is 1.57. The molecular formula is C32H36ClFN2O2S. The van der Waals surface area contributed by atoms with E-state index in [-0.39, 0.29) is 35.2 Å². The third-order valence-corrected chi connectivity index (χ3v) is 8.53. The minimum absolute atomic E-state index is 0.110. The van der Waals surface area contributed by atoms with Crippen LogP contribution in [0.2, 0.25) is 5.02 Å². The Kier molecular flexibility index (Phi) is 10.9. The van der Waals surface area contributed by atoms with E-state index in [1.54, 1.807) is 17.0 Å². The van der Waals surface area contributed by atoms with Crippen molar-refractivity contribution in [3.05, 3.63) is 106 Å². The van der Waals surface area contributed by atoms with Crippen molar-refractivity contribution in [2.24, 2.45) is 0 Å². The summed E-state index contributed by atoms with van der Waals surface area (Å²) in [5.41, 5.74) is 3.47. The zero-order valence-corrected chi connectivity index (χ0v) is 23.9. The van der Waals surface area contributed by atoms with Crippen LogP contribution in [0.4, 0.5) is 4.39 Å². The van der Waals surface area contributed by atoms with Gasteiger partial charge in [-0.3, -0.25) is 9.59 Å². The Morgan fingerprint density at radius 3 is 2.38 bits per heavy atom. The summed E-state index contributed by atoms with van der Waals surface area (Å²) in [6, 6.07) is 21.9. The van der Waals surface area contributed by atoms with Crippen LogP contribution in [0.25, 0.3) is 0 Å². The Labute approximate surface area is 240 Å². The highest BCUT2D eigenvalue weighted by molar-refractivity contribution is 7.99. The molecule has 0 saturated heterocycles. The van der Waals surface area contributed by atoms with Crippen molar-refractivity contribution >= 4 is 35.2 Å². The topological polar surface area (TPSA) is 49.4 Å². The van der Waals surface area contributed by atoms with Gasteiger partial charge in [0.05, 0.1) is 5.75 Å². The molecule has 1 unspecified atom stereocenters. The number of thioether (sulfide) groups is 1. The van der Waals surface area contributed by atoms with Gasteiger partial charge in [0.1, 0.15) is 11.9 Å². The molecule has 1 fully saturated rings. The number of aryl methyl sites for hydroxylation is 1. The fraction of sp³-hybridized carbons (Fsp3) is 0.375. The zero-order valence-electron chi connectivity index (χ0n) is 22.4. The zero-order chi connectivity index (χ0) is 27.6. The Morgan fingerprint density at radius 1 is 0.974 bits per heavy atom. The predicted octanol–water partition coefficient (Wildman–Crippen LogP) is 7.11. The Morgan fingerprint density at radius 2 is 1.69 bits per heavy atom. The van der Waals surface area contributed by atoms with Gasteiger partial charge >= 0.3 is 0 Å². The molecule has 0 radical (unpaired) electrons. The first kappa shape index (κ1) is 29.2. The Bertz CT molecular complexity index is 1210. The van der Waals surface area contributed by atoms with Gasteiger partial charge < -0.3 is 10.2 Å². The van der Waals surface area contributed by atoms with Crippen molar-refractivity contribution in [3.63, 3.8) is 0 Å². The van der Waals surface area contributed by atoms with Gasteiger partial charge in [-0.2, -0.15) is 0 Å². The summed E-state index contributed by atoms with van der Waals surface area (Å²) < 4.78 is 14.3. The predicted molar refractivity (Wildman–Crippen MR) is 158 cm³/mol. The van der Waals surface area contributed by atoms with Crippen molar-refractivity contribution in [2.75, 3.05) is 5.75 Å². The molecule has 4 rings (SSSR count). The van der Waals surface area contributed by atoms with Gasteiger partial charge in [0.15, 0.2) is 0 Å². The quantitative estimate of drug-likeness (QED) is 0.269. The number of rotatable bonds is 11. The fourth-order valence-corrected chi connectivity index (χ4v) is 6.23. The lowest BCUT2D eigenvalue weighted by Gasteiger charge is -2.33. The molecule has 0 bridgehead atoms. The van der Waals surface area contributed by atoms with Crippen LogP contribution in [0, 0.1) is 12.7 Å². The van der Waals surface area contributed by atoms with Gasteiger partial charge in [-0.15, -0.1) is 11.8 Å². The van der Waals surface area contributed by atoms with E-state index >= 15 is 0 Å². The lowest BCUT2D eigenvalue weighted by Crippen LogP contribution is -2.53. The molecule has 1 N–H and O–H groups in total. The van der Waals surface area contributed by atoms with Crippen LogP contribution in [-0.4, -0.2) is 34.6 Å². The summed E-state index contributed by atoms with van der Waals surface area (Å²) in [5, 5.41) is 3.61. The Hall–Kier alpha value is -2.83. The van der Waals surface area contributed by atoms with Crippen LogP contribution in [0.15, 0.2) is 72.8 Å². The van der Waals surface area contributed by atoms with Gasteiger partial charge in [-0.05, 0) is 43.0 Å². The van der Waals surface area contributed by atoms with Crippen LogP contribution in [0.3, 0.4) is 0 Å². The number of hydrogen-bond donors (Lipinski definition) is 1. The average Bonchev–Trinajstić information content (AvgIpc) is 2.94. The molecular weight excluding hydrogens is 531 g/mol. The van der Waals surface area contributed by atoms with Crippen LogP contribution in [0.5, 0.6) is 0 Å². The smallest absolute Gasteiger partial charge is 0.243 e. The summed E-state index contributed by atoms with van der Waals surface area (Å²) in [6.07, 6.45) is 5.76. The van der Waals surface area contributed by atoms with Gasteiger partial charge in [0, 0.05) is 35.3 Å². The number of nitrogens with zero attached hydrogens (tertiary/aromatic N) is 1. The van der Waals surface area contributed by atoms with E-state index < -0.39 is 6.04 Å². The number of halogens is 2. The minimum Gasteiger partial charge on any atom is -0.352 e. The second-order valence-corrected chi connectivity index (χ2v) is 11.6. The molecule has 3 aromatic carbocycles. The van der Waals surface area contributed by atoms with Gasteiger partial charge in [0.25, 0.3) is 0 Å². The van der Waals surface area contributed by atoms with Gasteiger partial charge in [-0.1, -0.05) is 97.1 Å². The molecule has 1 saturated carbocycles. The average molecular weight is 567 g/mol. The summed E-state index contributed by atoms with van der Waals surface area (Å²) in [5.74, 6) is -0.278. The number of hydrogen-bond acceptors (Lipinski definition) is 3. The number of carbonyl (C=O) groups excluding carboxylic acids is 2.